The summed E-state index contributed by atoms with van der Waals surface area (Å²) < 4.78 is 35.5. The van der Waals surface area contributed by atoms with Gasteiger partial charge < -0.3 is 4.42 Å². The highest BCUT2D eigenvalue weighted by Crippen LogP contribution is 2.39. The molecule has 0 saturated heterocycles. The van der Waals surface area contributed by atoms with Gasteiger partial charge in [-0.2, -0.15) is 0 Å². The Morgan fingerprint density at radius 1 is 0.821 bits per heavy atom. The Kier molecular flexibility index (Phi) is 7.74. The number of Topliss-reactive ketones (excluding diaryl/α,β-unsaturated/α-hetero) is 1. The van der Waals surface area contributed by atoms with Gasteiger partial charge in [0.25, 0.3) is 0 Å². The number of rotatable bonds is 9. The van der Waals surface area contributed by atoms with Gasteiger partial charge in [0.1, 0.15) is 5.58 Å². The van der Waals surface area contributed by atoms with Gasteiger partial charge in [-0.15, -0.1) is 0 Å². The van der Waals surface area contributed by atoms with E-state index >= 15 is 0 Å². The molecule has 5 rings (SSSR count). The highest BCUT2D eigenvalue weighted by molar-refractivity contribution is 7.89. The van der Waals surface area contributed by atoms with Crippen LogP contribution in [0.3, 0.4) is 0 Å². The molecule has 0 bridgehead atoms. The number of nitrogens with one attached hydrogen (secondary N) is 1. The fraction of sp³-hybridized carbons (Fsp3) is 0.0968. The second-order valence-electron chi connectivity index (χ2n) is 9.08. The van der Waals surface area contributed by atoms with E-state index in [4.69, 9.17) is 16.0 Å². The first-order chi connectivity index (χ1) is 18.8. The normalized spacial score (nSPS) is 13.2. The number of hydrogen-bond donors (Lipinski definition) is 1. The minimum absolute atomic E-state index is 0.0263. The fourth-order valence-electron chi connectivity index (χ4n) is 4.68. The Balaban J connectivity index is 1.69. The standard InChI is InChI=1S/C31H24ClNO5S/c32-23-15-17-24(18-16-23)39(36,37)33-31(22-11-5-2-6-12-22)27(19-28(34)21-9-3-1-4-10-21)26-20-30(35)38-29-14-8-7-13-25(26)29/h1-18,20,27,31,33H,19H2/t27-,31+/m0/s1. The first kappa shape index (κ1) is 26.6. The number of carbonyl (C=O) groups is 1. The van der Waals surface area contributed by atoms with Gasteiger partial charge in [0.15, 0.2) is 5.78 Å². The predicted molar refractivity (Wildman–Crippen MR) is 152 cm³/mol. The third-order valence-electron chi connectivity index (χ3n) is 6.55. The number of para-hydroxylation sites is 1. The summed E-state index contributed by atoms with van der Waals surface area (Å²) in [5.74, 6) is -0.944. The van der Waals surface area contributed by atoms with Crippen LogP contribution in [0, 0.1) is 0 Å². The molecular weight excluding hydrogens is 534 g/mol. The number of fused-ring (bicyclic) bond motifs is 1. The first-order valence-electron chi connectivity index (χ1n) is 12.3. The quantitative estimate of drug-likeness (QED) is 0.164. The third kappa shape index (κ3) is 6.01. The number of halogens is 1. The molecule has 0 radical (unpaired) electrons. The second kappa shape index (κ2) is 11.4. The molecule has 0 fully saturated rings. The third-order valence-corrected chi connectivity index (χ3v) is 8.26. The summed E-state index contributed by atoms with van der Waals surface area (Å²) in [5, 5.41) is 1.02. The topological polar surface area (TPSA) is 93.4 Å². The van der Waals surface area contributed by atoms with E-state index in [-0.39, 0.29) is 17.1 Å². The number of carbonyl (C=O) groups excluding carboxylic acids is 1. The Labute approximate surface area is 230 Å². The lowest BCUT2D eigenvalue weighted by Crippen LogP contribution is -2.34. The number of benzene rings is 4. The largest absolute Gasteiger partial charge is 0.423 e. The zero-order chi connectivity index (χ0) is 27.4. The lowest BCUT2D eigenvalue weighted by Gasteiger charge is -2.29. The van der Waals surface area contributed by atoms with Crippen LogP contribution in [0.2, 0.25) is 5.02 Å². The van der Waals surface area contributed by atoms with Gasteiger partial charge in [0.2, 0.25) is 10.0 Å². The van der Waals surface area contributed by atoms with Crippen LogP contribution in [-0.2, 0) is 10.0 Å². The maximum atomic E-state index is 13.6. The molecule has 4 aromatic carbocycles. The van der Waals surface area contributed by atoms with Crippen molar-refractivity contribution >= 4 is 38.4 Å². The highest BCUT2D eigenvalue weighted by atomic mass is 35.5. The molecule has 0 aliphatic heterocycles. The average Bonchev–Trinajstić information content (AvgIpc) is 2.95. The molecule has 196 valence electrons. The van der Waals surface area contributed by atoms with Crippen molar-refractivity contribution in [2.45, 2.75) is 23.3 Å². The van der Waals surface area contributed by atoms with Crippen LogP contribution >= 0.6 is 11.6 Å². The Morgan fingerprint density at radius 3 is 2.13 bits per heavy atom. The summed E-state index contributed by atoms with van der Waals surface area (Å²) in [7, 11) is -4.06. The number of ketones is 1. The molecule has 1 N–H and O–H groups in total. The van der Waals surface area contributed by atoms with Gasteiger partial charge in [-0.05, 0) is 41.5 Å². The van der Waals surface area contributed by atoms with Crippen LogP contribution in [0.4, 0.5) is 0 Å². The molecular formula is C31H24ClNO5S. The van der Waals surface area contributed by atoms with Crippen LogP contribution < -0.4 is 10.3 Å². The molecule has 6 nitrogen and oxygen atoms in total. The lowest BCUT2D eigenvalue weighted by atomic mass is 9.82. The van der Waals surface area contributed by atoms with E-state index in [0.717, 1.165) is 0 Å². The van der Waals surface area contributed by atoms with Gasteiger partial charge in [0.05, 0.1) is 10.9 Å². The molecule has 0 spiro atoms. The van der Waals surface area contributed by atoms with Gasteiger partial charge in [-0.3, -0.25) is 4.79 Å². The maximum absolute atomic E-state index is 13.6. The first-order valence-corrected chi connectivity index (χ1v) is 14.1. The Morgan fingerprint density at radius 2 is 1.44 bits per heavy atom. The lowest BCUT2D eigenvalue weighted by molar-refractivity contribution is 0.0968. The number of hydrogen-bond acceptors (Lipinski definition) is 5. The van der Waals surface area contributed by atoms with Crippen molar-refractivity contribution in [1.29, 1.82) is 0 Å². The minimum atomic E-state index is -4.06. The summed E-state index contributed by atoms with van der Waals surface area (Å²) in [6.07, 6.45) is -0.0693. The Bertz CT molecular complexity index is 1770. The van der Waals surface area contributed by atoms with Crippen molar-refractivity contribution in [1.82, 2.24) is 4.72 Å². The SMILES string of the molecule is O=C(C[C@@H](c1cc(=O)oc2ccccc12)[C@H](NS(=O)(=O)c1ccc(Cl)cc1)c1ccccc1)c1ccccc1. The van der Waals surface area contributed by atoms with E-state index in [2.05, 4.69) is 4.72 Å². The zero-order valence-electron chi connectivity index (χ0n) is 20.7. The second-order valence-corrected chi connectivity index (χ2v) is 11.2. The molecule has 5 aromatic rings. The van der Waals surface area contributed by atoms with Gasteiger partial charge in [-0.1, -0.05) is 90.5 Å². The fourth-order valence-corrected chi connectivity index (χ4v) is 6.08. The summed E-state index contributed by atoms with van der Waals surface area (Å²) in [6.45, 7) is 0. The van der Waals surface area contributed by atoms with Gasteiger partial charge in [0, 0.05) is 34.4 Å². The predicted octanol–water partition coefficient (Wildman–Crippen LogP) is 6.52. The Hall–Kier alpha value is -4.04. The van der Waals surface area contributed by atoms with Crippen molar-refractivity contribution < 1.29 is 17.6 Å². The van der Waals surface area contributed by atoms with Gasteiger partial charge >= 0.3 is 5.63 Å². The van der Waals surface area contributed by atoms with Crippen molar-refractivity contribution in [2.24, 2.45) is 0 Å². The van der Waals surface area contributed by atoms with E-state index in [1.807, 2.05) is 12.1 Å². The van der Waals surface area contributed by atoms with Crippen molar-refractivity contribution in [3.63, 3.8) is 0 Å². The maximum Gasteiger partial charge on any atom is 0.336 e. The molecule has 0 aliphatic rings. The minimum Gasteiger partial charge on any atom is -0.423 e. The molecule has 39 heavy (non-hydrogen) atoms. The van der Waals surface area contributed by atoms with Crippen LogP contribution in [0.5, 0.6) is 0 Å². The smallest absolute Gasteiger partial charge is 0.336 e. The van der Waals surface area contributed by atoms with E-state index in [1.165, 1.54) is 30.3 Å². The molecule has 0 saturated carbocycles. The summed E-state index contributed by atoms with van der Waals surface area (Å²) in [4.78, 5) is 26.3. The number of sulfonamides is 1. The average molecular weight is 558 g/mol. The van der Waals surface area contributed by atoms with Gasteiger partial charge in [-0.25, -0.2) is 17.9 Å². The summed E-state index contributed by atoms with van der Waals surface area (Å²) in [6, 6.07) is 31.1. The summed E-state index contributed by atoms with van der Waals surface area (Å²) >= 11 is 5.99. The van der Waals surface area contributed by atoms with E-state index < -0.39 is 27.6 Å². The molecule has 2 atom stereocenters. The molecule has 0 aliphatic carbocycles. The van der Waals surface area contributed by atoms with Crippen LogP contribution in [0.25, 0.3) is 11.0 Å². The van der Waals surface area contributed by atoms with E-state index in [0.29, 0.717) is 32.7 Å². The van der Waals surface area contributed by atoms with Crippen LogP contribution in [-0.4, -0.2) is 14.2 Å². The van der Waals surface area contributed by atoms with Crippen molar-refractivity contribution in [3.05, 3.63) is 147 Å². The molecule has 1 aromatic heterocycles. The monoisotopic (exact) mass is 557 g/mol. The molecule has 8 heteroatoms. The zero-order valence-corrected chi connectivity index (χ0v) is 22.2. The molecule has 0 unspecified atom stereocenters. The highest BCUT2D eigenvalue weighted by Gasteiger charge is 2.33. The van der Waals surface area contributed by atoms with E-state index in [1.54, 1.807) is 72.8 Å². The molecule has 0 amide bonds. The van der Waals surface area contributed by atoms with Crippen molar-refractivity contribution in [3.8, 4) is 0 Å². The van der Waals surface area contributed by atoms with E-state index in [9.17, 15) is 18.0 Å². The van der Waals surface area contributed by atoms with Crippen molar-refractivity contribution in [2.75, 3.05) is 0 Å². The van der Waals surface area contributed by atoms with Crippen LogP contribution in [0.1, 0.15) is 39.9 Å². The molecule has 1 heterocycles. The summed E-state index contributed by atoms with van der Waals surface area (Å²) in [5.41, 5.74) is 1.40. The van der Waals surface area contributed by atoms with Crippen LogP contribution in [0.15, 0.2) is 129 Å².